The summed E-state index contributed by atoms with van der Waals surface area (Å²) in [5.74, 6) is 0.871. The number of pyridine rings is 1. The van der Waals surface area contributed by atoms with Gasteiger partial charge in [-0.3, -0.25) is 4.79 Å². The number of halogens is 1. The van der Waals surface area contributed by atoms with Gasteiger partial charge in [0.1, 0.15) is 41.0 Å². The summed E-state index contributed by atoms with van der Waals surface area (Å²) in [5.41, 5.74) is 3.75. The number of anilines is 2. The van der Waals surface area contributed by atoms with Crippen LogP contribution < -0.4 is 10.1 Å². The monoisotopic (exact) mass is 535 g/mol. The minimum Gasteiger partial charge on any atom is -0.457 e. The summed E-state index contributed by atoms with van der Waals surface area (Å²) in [4.78, 5) is 35.4. The van der Waals surface area contributed by atoms with Crippen LogP contribution in [0.3, 0.4) is 0 Å². The molecule has 0 radical (unpaired) electrons. The van der Waals surface area contributed by atoms with Gasteiger partial charge < -0.3 is 15.0 Å². The number of ether oxygens (including phenoxy) is 1. The van der Waals surface area contributed by atoms with Crippen LogP contribution in [0.1, 0.15) is 17.8 Å². The molecule has 1 aromatic carbocycles. The van der Waals surface area contributed by atoms with E-state index < -0.39 is 5.82 Å². The standard InChI is InChI=1S/C28H22FN9O2/c1-4-25(39)37-7-5-18(10-17(37)3)27-30-13-22-26(36-27)28(33-14-31-22)35-21-9-16(2)23(12-20(21)29)40-19-6-8-38-24(11-19)32-15-34-38/h4,6,8-15H,1,3,5,7H2,2H3,(H,31,33,35). The van der Waals surface area contributed by atoms with Crippen LogP contribution in [0.5, 0.6) is 11.5 Å². The lowest BCUT2D eigenvalue weighted by atomic mass is 10.1. The first-order chi connectivity index (χ1) is 19.4. The quantitative estimate of drug-likeness (QED) is 0.307. The molecule has 0 spiro atoms. The first-order valence-corrected chi connectivity index (χ1v) is 12.3. The number of rotatable bonds is 6. The van der Waals surface area contributed by atoms with Gasteiger partial charge in [0.25, 0.3) is 0 Å². The number of nitrogens with one attached hydrogen (secondary N) is 1. The Bertz CT molecular complexity index is 1860. The molecular formula is C28H22FN9O2. The van der Waals surface area contributed by atoms with Crippen molar-refractivity contribution in [3.8, 4) is 11.5 Å². The Hall–Kier alpha value is -5.52. The van der Waals surface area contributed by atoms with E-state index in [9.17, 15) is 4.79 Å². The van der Waals surface area contributed by atoms with Crippen LogP contribution >= 0.6 is 0 Å². The Kier molecular flexibility index (Phi) is 6.19. The molecule has 6 rings (SSSR count). The third-order valence-electron chi connectivity index (χ3n) is 6.40. The van der Waals surface area contributed by atoms with Crippen LogP contribution in [-0.4, -0.2) is 51.9 Å². The molecule has 0 bridgehead atoms. The van der Waals surface area contributed by atoms with Crippen LogP contribution in [0.4, 0.5) is 15.9 Å². The number of carbonyl (C=O) groups is 1. The largest absolute Gasteiger partial charge is 0.457 e. The molecule has 0 saturated heterocycles. The van der Waals surface area contributed by atoms with Crippen molar-refractivity contribution in [2.75, 3.05) is 11.9 Å². The average molecular weight is 536 g/mol. The molecule has 11 nitrogen and oxygen atoms in total. The molecule has 1 amide bonds. The maximum atomic E-state index is 15.3. The minimum absolute atomic E-state index is 0.196. The van der Waals surface area contributed by atoms with Gasteiger partial charge in [0.05, 0.1) is 11.9 Å². The molecule has 0 unspecified atom stereocenters. The van der Waals surface area contributed by atoms with Crippen molar-refractivity contribution in [3.05, 3.63) is 97.5 Å². The molecule has 1 aliphatic rings. The van der Waals surface area contributed by atoms with Crippen molar-refractivity contribution in [3.63, 3.8) is 0 Å². The normalized spacial score (nSPS) is 13.4. The topological polar surface area (TPSA) is 123 Å². The van der Waals surface area contributed by atoms with Crippen LogP contribution in [0.15, 0.2) is 80.3 Å². The molecule has 12 heteroatoms. The number of carbonyl (C=O) groups excluding carboxylic acids is 1. The predicted octanol–water partition coefficient (Wildman–Crippen LogP) is 4.76. The molecule has 1 N–H and O–H groups in total. The third kappa shape index (κ3) is 4.62. The fourth-order valence-corrected chi connectivity index (χ4v) is 4.35. The van der Waals surface area contributed by atoms with E-state index in [2.05, 4.69) is 48.5 Å². The van der Waals surface area contributed by atoms with Crippen molar-refractivity contribution in [1.82, 2.24) is 39.4 Å². The second kappa shape index (κ2) is 9.98. The summed E-state index contributed by atoms with van der Waals surface area (Å²) in [6, 6.07) is 6.38. The van der Waals surface area contributed by atoms with Gasteiger partial charge >= 0.3 is 0 Å². The second-order valence-corrected chi connectivity index (χ2v) is 9.00. The van der Waals surface area contributed by atoms with Crippen LogP contribution in [0, 0.1) is 12.7 Å². The second-order valence-electron chi connectivity index (χ2n) is 9.00. The van der Waals surface area contributed by atoms with E-state index in [1.807, 2.05) is 6.92 Å². The van der Waals surface area contributed by atoms with Crippen molar-refractivity contribution in [2.45, 2.75) is 13.3 Å². The van der Waals surface area contributed by atoms with Gasteiger partial charge in [-0.05, 0) is 43.2 Å². The molecule has 5 aromatic rings. The summed E-state index contributed by atoms with van der Waals surface area (Å²) >= 11 is 0. The highest BCUT2D eigenvalue weighted by Crippen LogP contribution is 2.33. The molecular weight excluding hydrogens is 513 g/mol. The Morgan fingerprint density at radius 3 is 2.88 bits per heavy atom. The Balaban J connectivity index is 1.28. The number of aromatic nitrogens is 7. The third-order valence-corrected chi connectivity index (χ3v) is 6.40. The predicted molar refractivity (Wildman–Crippen MR) is 146 cm³/mol. The maximum absolute atomic E-state index is 15.3. The van der Waals surface area contributed by atoms with Gasteiger partial charge in [0.15, 0.2) is 17.3 Å². The van der Waals surface area contributed by atoms with Crippen molar-refractivity contribution >= 4 is 39.7 Å². The summed E-state index contributed by atoms with van der Waals surface area (Å²) in [6.07, 6.45) is 9.65. The highest BCUT2D eigenvalue weighted by atomic mass is 19.1. The number of hydrogen-bond donors (Lipinski definition) is 1. The molecule has 0 saturated carbocycles. The SMILES string of the molecule is C=CC(=O)N1CCC(c2ncc3ncnc(Nc4cc(C)c(Oc5ccn6ncnc6c5)cc4F)c3n2)=CC1=C. The summed E-state index contributed by atoms with van der Waals surface area (Å²) in [7, 11) is 0. The van der Waals surface area contributed by atoms with Crippen LogP contribution in [0.2, 0.25) is 0 Å². The fraction of sp³-hybridized carbons (Fsp3) is 0.107. The van der Waals surface area contributed by atoms with E-state index in [1.165, 1.54) is 24.8 Å². The van der Waals surface area contributed by atoms with Crippen molar-refractivity contribution < 1.29 is 13.9 Å². The molecule has 40 heavy (non-hydrogen) atoms. The Labute approximate surface area is 227 Å². The molecule has 4 aromatic heterocycles. The number of hydrogen-bond acceptors (Lipinski definition) is 9. The van der Waals surface area contributed by atoms with Gasteiger partial charge in [0, 0.05) is 36.1 Å². The fourth-order valence-electron chi connectivity index (χ4n) is 4.35. The Morgan fingerprint density at radius 1 is 1.18 bits per heavy atom. The van der Waals surface area contributed by atoms with Gasteiger partial charge in [-0.2, -0.15) is 5.10 Å². The van der Waals surface area contributed by atoms with Crippen LogP contribution in [0.25, 0.3) is 22.3 Å². The van der Waals surface area contributed by atoms with E-state index >= 15 is 4.39 Å². The number of benzene rings is 1. The average Bonchev–Trinajstić information content (AvgIpc) is 3.43. The lowest BCUT2D eigenvalue weighted by Crippen LogP contribution is -2.31. The first kappa shape index (κ1) is 24.8. The minimum atomic E-state index is -0.538. The molecule has 5 heterocycles. The highest BCUT2D eigenvalue weighted by Gasteiger charge is 2.21. The van der Waals surface area contributed by atoms with E-state index in [-0.39, 0.29) is 11.6 Å². The van der Waals surface area contributed by atoms with E-state index in [1.54, 1.807) is 46.1 Å². The molecule has 0 atom stereocenters. The highest BCUT2D eigenvalue weighted by molar-refractivity contribution is 5.90. The lowest BCUT2D eigenvalue weighted by molar-refractivity contribution is -0.124. The zero-order chi connectivity index (χ0) is 27.8. The summed E-state index contributed by atoms with van der Waals surface area (Å²) < 4.78 is 22.8. The summed E-state index contributed by atoms with van der Waals surface area (Å²) in [6.45, 7) is 9.74. The van der Waals surface area contributed by atoms with Gasteiger partial charge in [-0.1, -0.05) is 13.2 Å². The van der Waals surface area contributed by atoms with E-state index in [0.717, 1.165) is 5.57 Å². The van der Waals surface area contributed by atoms with E-state index in [4.69, 9.17) is 4.74 Å². The van der Waals surface area contributed by atoms with Gasteiger partial charge in [0.2, 0.25) is 5.91 Å². The summed E-state index contributed by atoms with van der Waals surface area (Å²) in [5, 5.41) is 7.10. The zero-order valence-corrected chi connectivity index (χ0v) is 21.4. The number of allylic oxidation sites excluding steroid dienone is 1. The Morgan fingerprint density at radius 2 is 2.05 bits per heavy atom. The van der Waals surface area contributed by atoms with Gasteiger partial charge in [-0.25, -0.2) is 33.8 Å². The molecule has 0 fully saturated rings. The van der Waals surface area contributed by atoms with Crippen LogP contribution in [-0.2, 0) is 4.79 Å². The van der Waals surface area contributed by atoms with E-state index in [0.29, 0.717) is 64.0 Å². The first-order valence-electron chi connectivity index (χ1n) is 12.3. The molecule has 1 aliphatic heterocycles. The van der Waals surface area contributed by atoms with Gasteiger partial charge in [-0.15, -0.1) is 0 Å². The number of aryl methyl sites for hydroxylation is 1. The lowest BCUT2D eigenvalue weighted by Gasteiger charge is -2.26. The number of fused-ring (bicyclic) bond motifs is 2. The van der Waals surface area contributed by atoms with Crippen molar-refractivity contribution in [2.24, 2.45) is 0 Å². The molecule has 0 aliphatic carbocycles. The number of nitrogens with zero attached hydrogens (tertiary/aromatic N) is 8. The number of amides is 1. The van der Waals surface area contributed by atoms with Crippen molar-refractivity contribution in [1.29, 1.82) is 0 Å². The maximum Gasteiger partial charge on any atom is 0.250 e. The molecule has 198 valence electrons. The zero-order valence-electron chi connectivity index (χ0n) is 21.4. The smallest absolute Gasteiger partial charge is 0.250 e.